The minimum absolute atomic E-state index is 0.0985. The molecule has 0 aromatic heterocycles. The van der Waals surface area contributed by atoms with E-state index >= 15 is 0 Å². The normalized spacial score (nSPS) is 19.3. The highest BCUT2D eigenvalue weighted by molar-refractivity contribution is 5.95. The van der Waals surface area contributed by atoms with E-state index in [1.807, 2.05) is 30.3 Å². The summed E-state index contributed by atoms with van der Waals surface area (Å²) in [5, 5.41) is 37.6. The second kappa shape index (κ2) is 27.7. The lowest BCUT2D eigenvalue weighted by Gasteiger charge is -2.38. The molecule has 8 N–H and O–H groups in total. The third-order valence-electron chi connectivity index (χ3n) is 8.16. The third kappa shape index (κ3) is 18.4. The van der Waals surface area contributed by atoms with Gasteiger partial charge in [0.15, 0.2) is 12.9 Å². The average Bonchev–Trinajstić information content (AvgIpc) is 3.21. The molecule has 5 atom stereocenters. The number of aliphatic hydroxyl groups is 3. The molecule has 56 heavy (non-hydrogen) atoms. The van der Waals surface area contributed by atoms with Gasteiger partial charge in [-0.3, -0.25) is 14.4 Å². The fraction of sp³-hybridized carbons (Fsp3) is 0.605. The number of ether oxygens (including phenoxy) is 8. The Labute approximate surface area is 327 Å². The fourth-order valence-corrected chi connectivity index (χ4v) is 5.09. The maximum absolute atomic E-state index is 12.2. The SMILES string of the molecule is C[C@@H]1O[C@@H](OCCOCCNC(=O)CCOCCOCCOCCOCCNC(=O)COc2ccc(-c3cccc(C(=O)NCCN)c3)cc2)[C@H](O)[C@H](O)[C@H]1O. The fourth-order valence-electron chi connectivity index (χ4n) is 5.09. The van der Waals surface area contributed by atoms with Gasteiger partial charge in [-0.25, -0.2) is 0 Å². The van der Waals surface area contributed by atoms with Gasteiger partial charge in [-0.2, -0.15) is 0 Å². The summed E-state index contributed by atoms with van der Waals surface area (Å²) < 4.78 is 43.5. The van der Waals surface area contributed by atoms with Crippen molar-refractivity contribution in [2.75, 3.05) is 105 Å². The minimum atomic E-state index is -1.36. The van der Waals surface area contributed by atoms with E-state index in [1.165, 1.54) is 0 Å². The van der Waals surface area contributed by atoms with Crippen LogP contribution in [0.4, 0.5) is 0 Å². The molecule has 3 rings (SSSR count). The number of carbonyl (C=O) groups is 3. The quantitative estimate of drug-likeness (QED) is 0.0487. The molecule has 0 bridgehead atoms. The number of nitrogens with two attached hydrogens (primary N) is 1. The van der Waals surface area contributed by atoms with Crippen molar-refractivity contribution >= 4 is 17.7 Å². The molecule has 0 unspecified atom stereocenters. The lowest BCUT2D eigenvalue weighted by molar-refractivity contribution is -0.294. The van der Waals surface area contributed by atoms with Crippen LogP contribution in [0.25, 0.3) is 11.1 Å². The van der Waals surface area contributed by atoms with E-state index in [1.54, 1.807) is 25.1 Å². The van der Waals surface area contributed by atoms with Gasteiger partial charge >= 0.3 is 0 Å². The van der Waals surface area contributed by atoms with Crippen LogP contribution in [0.3, 0.4) is 0 Å². The average molecular weight is 795 g/mol. The molecule has 1 heterocycles. The second-order valence-corrected chi connectivity index (χ2v) is 12.5. The zero-order valence-electron chi connectivity index (χ0n) is 31.9. The number of hydrogen-bond donors (Lipinski definition) is 7. The Morgan fingerprint density at radius 1 is 0.661 bits per heavy atom. The van der Waals surface area contributed by atoms with Gasteiger partial charge in [0.05, 0.1) is 78.8 Å². The van der Waals surface area contributed by atoms with Gasteiger partial charge < -0.3 is 74.9 Å². The molecule has 1 aliphatic rings. The summed E-state index contributed by atoms with van der Waals surface area (Å²) in [6.07, 6.45) is -5.46. The molecule has 1 aliphatic heterocycles. The monoisotopic (exact) mass is 794 g/mol. The van der Waals surface area contributed by atoms with Crippen molar-refractivity contribution in [2.45, 2.75) is 44.1 Å². The van der Waals surface area contributed by atoms with Crippen LogP contribution in [-0.4, -0.2) is 169 Å². The molecule has 3 amide bonds. The van der Waals surface area contributed by atoms with Gasteiger partial charge in [-0.1, -0.05) is 24.3 Å². The number of benzene rings is 2. The lowest BCUT2D eigenvalue weighted by atomic mass is 10.0. The zero-order valence-corrected chi connectivity index (χ0v) is 31.9. The standard InChI is InChI=1S/C38H58N4O14/c1-27-34(45)35(46)36(47)38(56-27)54-24-23-51-15-12-40-32(43)9-14-49-17-19-52-21-22-53-20-18-50-16-13-41-33(44)26-55-31-7-5-28(6-8-31)29-3-2-4-30(25-29)37(48)42-11-10-39/h2-8,25,27,34-36,38,45-47H,9-24,26,39H2,1H3,(H,40,43)(H,41,44)(H,42,48)/t27-,34-,35+,36+,38+/m0/s1. The van der Waals surface area contributed by atoms with Crippen molar-refractivity contribution in [3.63, 3.8) is 0 Å². The molecular weight excluding hydrogens is 736 g/mol. The highest BCUT2D eigenvalue weighted by atomic mass is 16.7. The van der Waals surface area contributed by atoms with Gasteiger partial charge in [0.25, 0.3) is 11.8 Å². The molecule has 1 fully saturated rings. The van der Waals surface area contributed by atoms with Crippen molar-refractivity contribution < 1.29 is 67.6 Å². The molecule has 0 aliphatic carbocycles. The lowest BCUT2D eigenvalue weighted by Crippen LogP contribution is -2.57. The van der Waals surface area contributed by atoms with E-state index < -0.39 is 30.7 Å². The van der Waals surface area contributed by atoms with Crippen LogP contribution in [0.15, 0.2) is 48.5 Å². The number of amides is 3. The predicted octanol–water partition coefficient (Wildman–Crippen LogP) is -1.03. The van der Waals surface area contributed by atoms with Gasteiger partial charge in [-0.15, -0.1) is 0 Å². The van der Waals surface area contributed by atoms with Crippen LogP contribution < -0.4 is 26.4 Å². The van der Waals surface area contributed by atoms with Crippen molar-refractivity contribution in [3.05, 3.63) is 54.1 Å². The summed E-state index contributed by atoms with van der Waals surface area (Å²) >= 11 is 0. The van der Waals surface area contributed by atoms with Crippen LogP contribution in [0.1, 0.15) is 23.7 Å². The Bertz CT molecular complexity index is 1400. The third-order valence-corrected chi connectivity index (χ3v) is 8.16. The smallest absolute Gasteiger partial charge is 0.258 e. The maximum Gasteiger partial charge on any atom is 0.258 e. The van der Waals surface area contributed by atoms with Crippen molar-refractivity contribution in [1.82, 2.24) is 16.0 Å². The Morgan fingerprint density at radius 3 is 1.89 bits per heavy atom. The van der Waals surface area contributed by atoms with Gasteiger partial charge in [-0.05, 0) is 42.3 Å². The Kier molecular flexibility index (Phi) is 23.1. The first kappa shape index (κ1) is 46.6. The van der Waals surface area contributed by atoms with Crippen LogP contribution in [-0.2, 0) is 42.7 Å². The molecule has 0 saturated carbocycles. The molecule has 1 saturated heterocycles. The highest BCUT2D eigenvalue weighted by Crippen LogP contribution is 2.24. The number of rotatable bonds is 29. The van der Waals surface area contributed by atoms with E-state index in [0.29, 0.717) is 83.7 Å². The van der Waals surface area contributed by atoms with Crippen LogP contribution in [0, 0.1) is 0 Å². The predicted molar refractivity (Wildman–Crippen MR) is 202 cm³/mol. The molecule has 314 valence electrons. The van der Waals surface area contributed by atoms with Gasteiger partial charge in [0.1, 0.15) is 24.1 Å². The first-order chi connectivity index (χ1) is 27.2. The van der Waals surface area contributed by atoms with Crippen LogP contribution in [0.2, 0.25) is 0 Å². The first-order valence-electron chi connectivity index (χ1n) is 18.7. The number of carbonyl (C=O) groups excluding carboxylic acids is 3. The maximum atomic E-state index is 12.2. The van der Waals surface area contributed by atoms with Gasteiger partial charge in [0.2, 0.25) is 5.91 Å². The Hall–Kier alpha value is -3.79. The Morgan fingerprint density at radius 2 is 1.25 bits per heavy atom. The molecule has 2 aromatic rings. The van der Waals surface area contributed by atoms with E-state index in [-0.39, 0.29) is 57.2 Å². The molecular formula is C38H58N4O14. The molecule has 2 aromatic carbocycles. The first-order valence-corrected chi connectivity index (χ1v) is 18.7. The number of nitrogens with one attached hydrogen (secondary N) is 3. The van der Waals surface area contributed by atoms with Crippen LogP contribution >= 0.6 is 0 Å². The number of hydrogen-bond acceptors (Lipinski definition) is 15. The summed E-state index contributed by atoms with van der Waals surface area (Å²) in [6.45, 7) is 6.18. The van der Waals surface area contributed by atoms with Crippen molar-refractivity contribution in [2.24, 2.45) is 5.73 Å². The topological polar surface area (TPSA) is 248 Å². The molecule has 0 spiro atoms. The summed E-state index contributed by atoms with van der Waals surface area (Å²) in [6, 6.07) is 14.5. The summed E-state index contributed by atoms with van der Waals surface area (Å²) in [5.74, 6) is -0.0853. The molecule has 18 heteroatoms. The zero-order chi connectivity index (χ0) is 40.4. The Balaban J connectivity index is 1.05. The van der Waals surface area contributed by atoms with E-state index in [4.69, 9.17) is 43.6 Å². The summed E-state index contributed by atoms with van der Waals surface area (Å²) in [7, 11) is 0. The minimum Gasteiger partial charge on any atom is -0.484 e. The number of aliphatic hydroxyl groups excluding tert-OH is 3. The summed E-state index contributed by atoms with van der Waals surface area (Å²) in [4.78, 5) is 36.3. The van der Waals surface area contributed by atoms with Crippen LogP contribution in [0.5, 0.6) is 5.75 Å². The highest BCUT2D eigenvalue weighted by Gasteiger charge is 2.42. The second-order valence-electron chi connectivity index (χ2n) is 12.5. The van der Waals surface area contributed by atoms with Crippen molar-refractivity contribution in [1.29, 1.82) is 0 Å². The summed E-state index contributed by atoms with van der Waals surface area (Å²) in [5.41, 5.74) is 7.79. The van der Waals surface area contributed by atoms with E-state index in [0.717, 1.165) is 11.1 Å². The van der Waals surface area contributed by atoms with E-state index in [9.17, 15) is 29.7 Å². The van der Waals surface area contributed by atoms with Crippen molar-refractivity contribution in [3.8, 4) is 16.9 Å². The molecule has 18 nitrogen and oxygen atoms in total. The molecule has 0 radical (unpaired) electrons. The van der Waals surface area contributed by atoms with Gasteiger partial charge in [0, 0.05) is 38.2 Å². The largest absolute Gasteiger partial charge is 0.484 e. The van der Waals surface area contributed by atoms with E-state index in [2.05, 4.69) is 16.0 Å².